The Morgan fingerprint density at radius 2 is 1.49 bits per heavy atom. The molecule has 0 spiro atoms. The van der Waals surface area contributed by atoms with E-state index in [1.807, 2.05) is 6.07 Å². The Balaban J connectivity index is 2.18. The van der Waals surface area contributed by atoms with Gasteiger partial charge in [0, 0.05) is 6.61 Å². The number of phosphoric acid groups is 1. The molecule has 200 valence electrons. The van der Waals surface area contributed by atoms with Crippen molar-refractivity contribution in [3.63, 3.8) is 0 Å². The van der Waals surface area contributed by atoms with E-state index in [4.69, 9.17) is 24.5 Å². The zero-order valence-electron chi connectivity index (χ0n) is 21.1. The number of nitrogens with zero attached hydrogens (tertiary/aromatic N) is 1. The number of nitriles is 1. The fourth-order valence-corrected chi connectivity index (χ4v) is 4.13. The molecular weight excluding hydrogens is 472 g/mol. The van der Waals surface area contributed by atoms with E-state index >= 15 is 0 Å². The Hall–Kier alpha value is -1.33. The Labute approximate surface area is 210 Å². The van der Waals surface area contributed by atoms with Crippen molar-refractivity contribution in [3.8, 4) is 6.07 Å². The molecule has 0 fully saturated rings. The first-order valence-electron chi connectivity index (χ1n) is 12.9. The molecule has 0 bridgehead atoms. The van der Waals surface area contributed by atoms with Crippen LogP contribution >= 0.6 is 7.82 Å². The van der Waals surface area contributed by atoms with Crippen molar-refractivity contribution in [1.29, 1.82) is 5.26 Å². The van der Waals surface area contributed by atoms with Gasteiger partial charge >= 0.3 is 7.82 Å². The lowest BCUT2D eigenvalue weighted by Gasteiger charge is -2.19. The van der Waals surface area contributed by atoms with Crippen LogP contribution < -0.4 is 0 Å². The second kappa shape index (κ2) is 19.8. The third-order valence-electron chi connectivity index (χ3n) is 5.70. The van der Waals surface area contributed by atoms with Gasteiger partial charge < -0.3 is 19.3 Å². The number of halogens is 1. The van der Waals surface area contributed by atoms with Gasteiger partial charge in [-0.3, -0.25) is 4.52 Å². The summed E-state index contributed by atoms with van der Waals surface area (Å²) in [5.74, 6) is -0.552. The van der Waals surface area contributed by atoms with Gasteiger partial charge in [0.2, 0.25) is 0 Å². The van der Waals surface area contributed by atoms with Crippen LogP contribution in [0.5, 0.6) is 0 Å². The average Bonchev–Trinajstić information content (AvgIpc) is 2.81. The van der Waals surface area contributed by atoms with Gasteiger partial charge in [0.25, 0.3) is 0 Å². The third kappa shape index (κ3) is 18.6. The van der Waals surface area contributed by atoms with Gasteiger partial charge in [0.05, 0.1) is 31.5 Å². The summed E-state index contributed by atoms with van der Waals surface area (Å²) in [7, 11) is -4.65. The van der Waals surface area contributed by atoms with Gasteiger partial charge in [-0.25, -0.2) is 8.96 Å². The van der Waals surface area contributed by atoms with E-state index < -0.39 is 19.7 Å². The van der Waals surface area contributed by atoms with Crippen LogP contribution in [0.15, 0.2) is 18.2 Å². The number of hydrogen-bond donors (Lipinski definition) is 2. The first-order valence-corrected chi connectivity index (χ1v) is 14.5. The molecule has 0 aliphatic heterocycles. The van der Waals surface area contributed by atoms with Crippen LogP contribution in [0.2, 0.25) is 0 Å². The quantitative estimate of drug-likeness (QED) is 0.129. The van der Waals surface area contributed by atoms with Gasteiger partial charge in [0.1, 0.15) is 11.9 Å². The predicted octanol–water partition coefficient (Wildman–Crippen LogP) is 6.80. The fourth-order valence-electron chi connectivity index (χ4n) is 3.77. The topological polar surface area (TPSA) is 109 Å². The maximum atomic E-state index is 13.6. The Bertz CT molecular complexity index is 767. The third-order valence-corrected chi connectivity index (χ3v) is 6.18. The van der Waals surface area contributed by atoms with Crippen LogP contribution in [0.3, 0.4) is 0 Å². The molecule has 1 atom stereocenters. The molecule has 0 aromatic heterocycles. The van der Waals surface area contributed by atoms with Crippen LogP contribution in [0.1, 0.15) is 102 Å². The molecule has 1 rings (SSSR count). The minimum absolute atomic E-state index is 0.0380. The molecule has 0 radical (unpaired) electrons. The second-order valence-corrected chi connectivity index (χ2v) is 10.2. The molecule has 0 aliphatic carbocycles. The standard InChI is InChI=1S/C26H43FNO6P/c1-2-3-4-5-6-7-8-9-10-11-12-13-14-15-32-21-26(22-34-35(29,30)31)33-20-24-16-23(19-28)17-25(27)18-24/h16-18,26H,2-15,20-22H2,1H3,(H2,29,30,31). The van der Waals surface area contributed by atoms with Gasteiger partial charge in [-0.15, -0.1) is 0 Å². The lowest BCUT2D eigenvalue weighted by molar-refractivity contribution is -0.0493. The molecule has 9 heteroatoms. The summed E-state index contributed by atoms with van der Waals surface area (Å²) in [6.45, 7) is 2.46. The first kappa shape index (κ1) is 31.7. The summed E-state index contributed by atoms with van der Waals surface area (Å²) in [5, 5.41) is 8.96. The number of unbranched alkanes of at least 4 members (excludes halogenated alkanes) is 12. The molecule has 0 heterocycles. The molecule has 35 heavy (non-hydrogen) atoms. The van der Waals surface area contributed by atoms with E-state index in [1.165, 1.54) is 82.8 Å². The lowest BCUT2D eigenvalue weighted by Crippen LogP contribution is -2.25. The number of hydrogen-bond acceptors (Lipinski definition) is 5. The predicted molar refractivity (Wildman–Crippen MR) is 134 cm³/mol. The minimum atomic E-state index is -4.65. The van der Waals surface area contributed by atoms with Crippen molar-refractivity contribution in [3.05, 3.63) is 35.1 Å². The molecular formula is C26H43FNO6P. The highest BCUT2D eigenvalue weighted by atomic mass is 31.2. The molecule has 1 unspecified atom stereocenters. The Morgan fingerprint density at radius 1 is 0.914 bits per heavy atom. The highest BCUT2D eigenvalue weighted by molar-refractivity contribution is 7.46. The van der Waals surface area contributed by atoms with E-state index in [0.29, 0.717) is 12.2 Å². The van der Waals surface area contributed by atoms with Crippen molar-refractivity contribution in [2.75, 3.05) is 19.8 Å². The normalized spacial score (nSPS) is 12.5. The average molecular weight is 516 g/mol. The minimum Gasteiger partial charge on any atom is -0.379 e. The molecule has 2 N–H and O–H groups in total. The highest BCUT2D eigenvalue weighted by Crippen LogP contribution is 2.36. The Kier molecular flexibility index (Phi) is 17.9. The summed E-state index contributed by atoms with van der Waals surface area (Å²) in [4.78, 5) is 17.9. The molecule has 0 saturated carbocycles. The maximum absolute atomic E-state index is 13.6. The van der Waals surface area contributed by atoms with Gasteiger partial charge in [0.15, 0.2) is 0 Å². The van der Waals surface area contributed by atoms with Crippen molar-refractivity contribution in [2.24, 2.45) is 0 Å². The van der Waals surface area contributed by atoms with Crippen molar-refractivity contribution < 1.29 is 32.7 Å². The second-order valence-electron chi connectivity index (χ2n) is 9.00. The smallest absolute Gasteiger partial charge is 0.379 e. The number of ether oxygens (including phenoxy) is 2. The summed E-state index contributed by atoms with van der Waals surface area (Å²) in [6, 6.07) is 5.74. The van der Waals surface area contributed by atoms with Crippen LogP contribution in [-0.2, 0) is 25.2 Å². The molecule has 7 nitrogen and oxygen atoms in total. The van der Waals surface area contributed by atoms with Crippen molar-refractivity contribution >= 4 is 7.82 Å². The SMILES string of the molecule is CCCCCCCCCCCCCCCOCC(COP(=O)(O)O)OCc1cc(F)cc(C#N)c1. The maximum Gasteiger partial charge on any atom is 0.469 e. The zero-order chi connectivity index (χ0) is 25.8. The van der Waals surface area contributed by atoms with Crippen LogP contribution in [-0.4, -0.2) is 35.7 Å². The summed E-state index contributed by atoms with van der Waals surface area (Å²) >= 11 is 0. The molecule has 0 amide bonds. The molecule has 1 aromatic carbocycles. The van der Waals surface area contributed by atoms with Crippen LogP contribution in [0.25, 0.3) is 0 Å². The monoisotopic (exact) mass is 515 g/mol. The highest BCUT2D eigenvalue weighted by Gasteiger charge is 2.19. The number of rotatable bonds is 22. The molecule has 1 aromatic rings. The van der Waals surface area contributed by atoms with Crippen LogP contribution in [0, 0.1) is 17.1 Å². The van der Waals surface area contributed by atoms with E-state index in [0.717, 1.165) is 18.9 Å². The van der Waals surface area contributed by atoms with E-state index in [-0.39, 0.29) is 25.4 Å². The van der Waals surface area contributed by atoms with Gasteiger partial charge in [-0.05, 0) is 30.2 Å². The summed E-state index contributed by atoms with van der Waals surface area (Å²) in [5.41, 5.74) is 0.615. The zero-order valence-corrected chi connectivity index (χ0v) is 22.0. The summed E-state index contributed by atoms with van der Waals surface area (Å²) < 4.78 is 40.5. The Morgan fingerprint density at radius 3 is 2.03 bits per heavy atom. The van der Waals surface area contributed by atoms with Crippen molar-refractivity contribution in [1.82, 2.24) is 0 Å². The van der Waals surface area contributed by atoms with E-state index in [2.05, 4.69) is 11.4 Å². The van der Waals surface area contributed by atoms with E-state index in [9.17, 15) is 8.96 Å². The number of benzene rings is 1. The fraction of sp³-hybridized carbons (Fsp3) is 0.731. The van der Waals surface area contributed by atoms with Crippen molar-refractivity contribution in [2.45, 2.75) is 103 Å². The molecule has 0 aliphatic rings. The van der Waals surface area contributed by atoms with Crippen LogP contribution in [0.4, 0.5) is 4.39 Å². The molecule has 0 saturated heterocycles. The van der Waals surface area contributed by atoms with Gasteiger partial charge in [-0.1, -0.05) is 84.0 Å². The van der Waals surface area contributed by atoms with E-state index in [1.54, 1.807) is 0 Å². The first-order chi connectivity index (χ1) is 16.8. The van der Waals surface area contributed by atoms with Gasteiger partial charge in [-0.2, -0.15) is 5.26 Å². The lowest BCUT2D eigenvalue weighted by atomic mass is 10.0. The largest absolute Gasteiger partial charge is 0.469 e. The summed E-state index contributed by atoms with van der Waals surface area (Å²) in [6.07, 6.45) is 15.7. The number of phosphoric ester groups is 1.